The molecule has 0 aromatic heterocycles. The van der Waals surface area contributed by atoms with E-state index in [9.17, 15) is 0 Å². The molecule has 5 heteroatoms. The maximum absolute atomic E-state index is 6.09. The topological polar surface area (TPSA) is 43.2 Å². The molecule has 1 spiro atoms. The van der Waals surface area contributed by atoms with Gasteiger partial charge >= 0.3 is 0 Å². The smallest absolute Gasteiger partial charge is 0.269 e. The molecule has 0 fully saturated rings. The first kappa shape index (κ1) is 15.4. The summed E-state index contributed by atoms with van der Waals surface area (Å²) < 4.78 is 5.92. The molecule has 26 heavy (non-hydrogen) atoms. The lowest BCUT2D eigenvalue weighted by molar-refractivity contribution is -0.0277. The summed E-state index contributed by atoms with van der Waals surface area (Å²) in [5.74, 6) is 0.601. The van der Waals surface area contributed by atoms with Crippen molar-refractivity contribution in [3.05, 3.63) is 82.9 Å². The Labute approximate surface area is 155 Å². The highest BCUT2D eigenvalue weighted by Crippen LogP contribution is 2.34. The van der Waals surface area contributed by atoms with Crippen molar-refractivity contribution in [1.82, 2.24) is 0 Å². The summed E-state index contributed by atoms with van der Waals surface area (Å²) in [6.07, 6.45) is 0.557. The molecule has 0 amide bonds. The number of hydrogen-bond acceptors (Lipinski definition) is 4. The number of halogens is 1. The van der Waals surface area contributed by atoms with Crippen LogP contribution in [0.5, 0.6) is 0 Å². The van der Waals surface area contributed by atoms with E-state index in [1.807, 2.05) is 48.5 Å². The van der Waals surface area contributed by atoms with E-state index in [2.05, 4.69) is 23.4 Å². The Morgan fingerprint density at radius 1 is 0.962 bits per heavy atom. The fraction of sp³-hybridized carbons (Fsp3) is 0.143. The van der Waals surface area contributed by atoms with E-state index in [0.29, 0.717) is 23.9 Å². The van der Waals surface area contributed by atoms with E-state index in [4.69, 9.17) is 26.2 Å². The molecule has 1 unspecified atom stereocenters. The minimum Gasteiger partial charge on any atom is -0.471 e. The van der Waals surface area contributed by atoms with Gasteiger partial charge in [0.15, 0.2) is 6.61 Å². The van der Waals surface area contributed by atoms with Crippen LogP contribution >= 0.6 is 11.6 Å². The number of ether oxygens (including phenoxy) is 1. The number of nitrogens with zero attached hydrogens (tertiary/aromatic N) is 2. The summed E-state index contributed by atoms with van der Waals surface area (Å²) in [7, 11) is 0. The normalized spacial score (nSPS) is 21.4. The Morgan fingerprint density at radius 2 is 1.81 bits per heavy atom. The maximum atomic E-state index is 6.09. The van der Waals surface area contributed by atoms with E-state index >= 15 is 0 Å². The number of aliphatic imine (C=N–C) groups is 1. The van der Waals surface area contributed by atoms with E-state index in [1.54, 1.807) is 0 Å². The van der Waals surface area contributed by atoms with Crippen LogP contribution in [0.15, 0.2) is 76.9 Å². The van der Waals surface area contributed by atoms with Gasteiger partial charge in [-0.1, -0.05) is 65.3 Å². The van der Waals surface area contributed by atoms with Crippen LogP contribution in [0.4, 0.5) is 0 Å². The molecule has 5 rings (SSSR count). The summed E-state index contributed by atoms with van der Waals surface area (Å²) in [5, 5.41) is 7.18. The lowest BCUT2D eigenvalue weighted by Gasteiger charge is -2.13. The lowest BCUT2D eigenvalue weighted by atomic mass is 10.0. The minimum atomic E-state index is -0.788. The molecular weight excluding hydrogens is 348 g/mol. The zero-order valence-electron chi connectivity index (χ0n) is 13.9. The first-order valence-electron chi connectivity index (χ1n) is 8.44. The largest absolute Gasteiger partial charge is 0.471 e. The van der Waals surface area contributed by atoms with Gasteiger partial charge in [-0.3, -0.25) is 0 Å². The molecule has 1 atom stereocenters. The quantitative estimate of drug-likeness (QED) is 0.657. The highest BCUT2D eigenvalue weighted by molar-refractivity contribution is 6.31. The van der Waals surface area contributed by atoms with Crippen LogP contribution in [0.1, 0.15) is 17.5 Å². The van der Waals surface area contributed by atoms with Gasteiger partial charge in [0.05, 0.1) is 12.1 Å². The molecule has 0 radical (unpaired) electrons. The molecule has 2 aliphatic heterocycles. The summed E-state index contributed by atoms with van der Waals surface area (Å²) in [4.78, 5) is 10.5. The van der Waals surface area contributed by atoms with Crippen molar-refractivity contribution in [1.29, 1.82) is 0 Å². The number of oxime groups is 1. The predicted octanol–water partition coefficient (Wildman–Crippen LogP) is 4.79. The molecule has 2 aliphatic rings. The van der Waals surface area contributed by atoms with Crippen molar-refractivity contribution >= 4 is 34.0 Å². The molecule has 0 bridgehead atoms. The second-order valence-electron chi connectivity index (χ2n) is 6.49. The van der Waals surface area contributed by atoms with Gasteiger partial charge < -0.3 is 9.57 Å². The lowest BCUT2D eigenvalue weighted by Crippen LogP contribution is -2.28. The molecule has 0 N–H and O–H groups in total. The van der Waals surface area contributed by atoms with Gasteiger partial charge in [-0.2, -0.15) is 4.99 Å². The Morgan fingerprint density at radius 3 is 2.73 bits per heavy atom. The van der Waals surface area contributed by atoms with Crippen LogP contribution in [0.3, 0.4) is 0 Å². The van der Waals surface area contributed by atoms with E-state index < -0.39 is 5.72 Å². The average Bonchev–Trinajstić information content (AvgIpc) is 3.28. The van der Waals surface area contributed by atoms with Crippen molar-refractivity contribution in [2.75, 3.05) is 6.61 Å². The van der Waals surface area contributed by atoms with Gasteiger partial charge in [-0.15, -0.1) is 0 Å². The van der Waals surface area contributed by atoms with Crippen LogP contribution in [0.25, 0.3) is 10.8 Å². The van der Waals surface area contributed by atoms with Crippen LogP contribution in [-0.4, -0.2) is 23.9 Å². The van der Waals surface area contributed by atoms with Gasteiger partial charge in [0.1, 0.15) is 0 Å². The summed E-state index contributed by atoms with van der Waals surface area (Å²) in [6, 6.07) is 21.9. The van der Waals surface area contributed by atoms with Crippen molar-refractivity contribution in [2.24, 2.45) is 10.1 Å². The predicted molar refractivity (Wildman–Crippen MR) is 103 cm³/mol. The Hall–Kier alpha value is -2.85. The van der Waals surface area contributed by atoms with E-state index in [-0.39, 0.29) is 0 Å². The molecule has 0 aliphatic carbocycles. The van der Waals surface area contributed by atoms with Gasteiger partial charge in [0, 0.05) is 16.1 Å². The first-order chi connectivity index (χ1) is 12.7. The number of benzene rings is 3. The first-order valence-corrected chi connectivity index (χ1v) is 8.82. The molecular formula is C21H15ClN2O2. The minimum absolute atomic E-state index is 0.346. The van der Waals surface area contributed by atoms with Crippen molar-refractivity contribution in [3.8, 4) is 0 Å². The summed E-state index contributed by atoms with van der Waals surface area (Å²) in [6.45, 7) is 0.346. The Bertz CT molecular complexity index is 1070. The van der Waals surface area contributed by atoms with Crippen LogP contribution in [-0.2, 0) is 9.57 Å². The third-order valence-electron chi connectivity index (χ3n) is 4.69. The second-order valence-corrected chi connectivity index (χ2v) is 6.93. The van der Waals surface area contributed by atoms with Gasteiger partial charge in [0.25, 0.3) is 5.72 Å². The van der Waals surface area contributed by atoms with Crippen molar-refractivity contribution in [2.45, 2.75) is 12.1 Å². The molecule has 128 valence electrons. The SMILES string of the molecule is Clc1cccc(C2=NOC3(COC(c4cccc5ccccc45)=N3)C2)c1. The molecule has 4 nitrogen and oxygen atoms in total. The molecule has 3 aromatic carbocycles. The highest BCUT2D eigenvalue weighted by Gasteiger charge is 2.45. The van der Waals surface area contributed by atoms with Gasteiger partial charge in [-0.25, -0.2) is 0 Å². The molecule has 2 heterocycles. The molecule has 0 saturated carbocycles. The highest BCUT2D eigenvalue weighted by atomic mass is 35.5. The Kier molecular flexibility index (Phi) is 3.47. The van der Waals surface area contributed by atoms with Gasteiger partial charge in [-0.05, 0) is 29.0 Å². The number of fused-ring (bicyclic) bond motifs is 1. The standard InChI is InChI=1S/C21H15ClN2O2/c22-16-8-3-7-15(11-16)19-12-21(26-24-19)13-25-20(23-21)18-10-4-6-14-5-1-2-9-17(14)18/h1-11H,12-13H2. The van der Waals surface area contributed by atoms with Crippen molar-refractivity contribution in [3.63, 3.8) is 0 Å². The molecule has 3 aromatic rings. The number of rotatable bonds is 2. The third kappa shape index (κ3) is 2.54. The summed E-state index contributed by atoms with van der Waals surface area (Å²) in [5.41, 5.74) is 1.96. The second kappa shape index (κ2) is 5.85. The van der Waals surface area contributed by atoms with Gasteiger partial charge in [0.2, 0.25) is 5.90 Å². The fourth-order valence-corrected chi connectivity index (χ4v) is 3.60. The summed E-state index contributed by atoms with van der Waals surface area (Å²) >= 11 is 6.09. The van der Waals surface area contributed by atoms with Crippen LogP contribution in [0.2, 0.25) is 5.02 Å². The third-order valence-corrected chi connectivity index (χ3v) is 4.92. The maximum Gasteiger partial charge on any atom is 0.269 e. The van der Waals surface area contributed by atoms with Crippen molar-refractivity contribution < 1.29 is 9.57 Å². The van der Waals surface area contributed by atoms with Crippen LogP contribution < -0.4 is 0 Å². The zero-order chi connectivity index (χ0) is 17.6. The zero-order valence-corrected chi connectivity index (χ0v) is 14.6. The Balaban J connectivity index is 1.47. The van der Waals surface area contributed by atoms with Crippen LogP contribution in [0, 0.1) is 0 Å². The monoisotopic (exact) mass is 362 g/mol. The van der Waals surface area contributed by atoms with E-state index in [1.165, 1.54) is 0 Å². The average molecular weight is 363 g/mol. The fourth-order valence-electron chi connectivity index (χ4n) is 3.41. The van der Waals surface area contributed by atoms with E-state index in [0.717, 1.165) is 27.6 Å². The molecule has 0 saturated heterocycles. The number of hydrogen-bond donors (Lipinski definition) is 0.